The molecule has 19 heavy (non-hydrogen) atoms. The van der Waals surface area contributed by atoms with E-state index in [-0.39, 0.29) is 11.5 Å². The third kappa shape index (κ3) is 2.33. The van der Waals surface area contributed by atoms with Crippen LogP contribution in [0.15, 0.2) is 41.2 Å². The summed E-state index contributed by atoms with van der Waals surface area (Å²) in [4.78, 5) is 0. The molecule has 0 bridgehead atoms. The molecule has 1 aliphatic rings. The Kier molecular flexibility index (Phi) is 2.77. The Bertz CT molecular complexity index is 567. The number of hydrogen-bond donors (Lipinski definition) is 1. The zero-order chi connectivity index (χ0) is 13.5. The lowest BCUT2D eigenvalue weighted by molar-refractivity contribution is 0.209. The molecular formula is C16H19NO2. The van der Waals surface area contributed by atoms with Crippen molar-refractivity contribution in [3.8, 4) is 5.75 Å². The van der Waals surface area contributed by atoms with Gasteiger partial charge in [-0.05, 0) is 29.2 Å². The Morgan fingerprint density at radius 2 is 2.05 bits per heavy atom. The molecule has 1 aromatic heterocycles. The van der Waals surface area contributed by atoms with E-state index >= 15 is 0 Å². The van der Waals surface area contributed by atoms with Gasteiger partial charge in [-0.25, -0.2) is 0 Å². The summed E-state index contributed by atoms with van der Waals surface area (Å²) in [6.07, 6.45) is 3.43. The van der Waals surface area contributed by atoms with Crippen LogP contribution in [0.5, 0.6) is 5.75 Å². The van der Waals surface area contributed by atoms with E-state index in [2.05, 4.69) is 44.3 Å². The summed E-state index contributed by atoms with van der Waals surface area (Å²) in [6, 6.07) is 8.31. The second kappa shape index (κ2) is 4.34. The number of ether oxygens (including phenoxy) is 1. The number of furan rings is 1. The molecule has 3 nitrogen and oxygen atoms in total. The molecule has 3 rings (SSSR count). The van der Waals surface area contributed by atoms with Crippen molar-refractivity contribution in [3.05, 3.63) is 47.9 Å². The van der Waals surface area contributed by atoms with Crippen molar-refractivity contribution in [3.63, 3.8) is 0 Å². The predicted octanol–water partition coefficient (Wildman–Crippen LogP) is 4.12. The van der Waals surface area contributed by atoms with E-state index < -0.39 is 0 Å². The standard InChI is InChI=1S/C16H19NO2/c1-16(2,3)12-4-5-14-13(8-12)17-9-15(19-14)11-6-7-18-10-11/h4-8,10,15,17H,9H2,1-3H3. The molecular weight excluding hydrogens is 238 g/mol. The molecule has 0 saturated carbocycles. The van der Waals surface area contributed by atoms with Crippen LogP contribution >= 0.6 is 0 Å². The van der Waals surface area contributed by atoms with E-state index in [1.165, 1.54) is 5.56 Å². The minimum atomic E-state index is 0.0201. The molecule has 100 valence electrons. The van der Waals surface area contributed by atoms with Gasteiger partial charge in [0.25, 0.3) is 0 Å². The topological polar surface area (TPSA) is 34.4 Å². The highest BCUT2D eigenvalue weighted by atomic mass is 16.5. The molecule has 3 heteroatoms. The van der Waals surface area contributed by atoms with Crippen LogP contribution in [0, 0.1) is 0 Å². The van der Waals surface area contributed by atoms with Gasteiger partial charge in [-0.15, -0.1) is 0 Å². The fraction of sp³-hybridized carbons (Fsp3) is 0.375. The first-order valence-electron chi connectivity index (χ1n) is 6.61. The third-order valence-corrected chi connectivity index (χ3v) is 3.51. The molecule has 0 amide bonds. The first-order chi connectivity index (χ1) is 9.04. The van der Waals surface area contributed by atoms with Crippen LogP contribution in [0.25, 0.3) is 0 Å². The Balaban J connectivity index is 1.87. The molecule has 2 heterocycles. The van der Waals surface area contributed by atoms with Crippen LogP contribution < -0.4 is 10.1 Å². The van der Waals surface area contributed by atoms with Crippen LogP contribution in [0.4, 0.5) is 5.69 Å². The van der Waals surface area contributed by atoms with Crippen LogP contribution in [-0.4, -0.2) is 6.54 Å². The highest BCUT2D eigenvalue weighted by Crippen LogP contribution is 2.37. The summed E-state index contributed by atoms with van der Waals surface area (Å²) in [5.41, 5.74) is 3.60. The summed E-state index contributed by atoms with van der Waals surface area (Å²) in [7, 11) is 0. The molecule has 0 spiro atoms. The summed E-state index contributed by atoms with van der Waals surface area (Å²) in [6.45, 7) is 7.41. The molecule has 1 aliphatic heterocycles. The molecule has 0 saturated heterocycles. The molecule has 1 unspecified atom stereocenters. The number of hydrogen-bond acceptors (Lipinski definition) is 3. The van der Waals surface area contributed by atoms with Gasteiger partial charge in [0.1, 0.15) is 11.9 Å². The molecule has 2 aromatic rings. The fourth-order valence-corrected chi connectivity index (χ4v) is 2.28. The lowest BCUT2D eigenvalue weighted by Gasteiger charge is -2.29. The smallest absolute Gasteiger partial charge is 0.144 e. The monoisotopic (exact) mass is 257 g/mol. The van der Waals surface area contributed by atoms with Crippen LogP contribution in [0.1, 0.15) is 38.0 Å². The molecule has 1 aromatic carbocycles. The van der Waals surface area contributed by atoms with Crippen molar-refractivity contribution in [1.29, 1.82) is 0 Å². The van der Waals surface area contributed by atoms with Crippen molar-refractivity contribution in [2.24, 2.45) is 0 Å². The summed E-state index contributed by atoms with van der Waals surface area (Å²) < 4.78 is 11.1. The van der Waals surface area contributed by atoms with Crippen molar-refractivity contribution in [2.75, 3.05) is 11.9 Å². The van der Waals surface area contributed by atoms with Crippen molar-refractivity contribution in [1.82, 2.24) is 0 Å². The van der Waals surface area contributed by atoms with E-state index in [9.17, 15) is 0 Å². The van der Waals surface area contributed by atoms with Gasteiger partial charge < -0.3 is 14.5 Å². The molecule has 0 fully saturated rings. The number of anilines is 1. The zero-order valence-corrected chi connectivity index (χ0v) is 11.6. The van der Waals surface area contributed by atoms with Gasteiger partial charge in [0.05, 0.1) is 24.8 Å². The average molecular weight is 257 g/mol. The van der Waals surface area contributed by atoms with Crippen LogP contribution in [0.2, 0.25) is 0 Å². The normalized spacial score (nSPS) is 18.4. The van der Waals surface area contributed by atoms with Crippen molar-refractivity contribution < 1.29 is 9.15 Å². The minimum absolute atomic E-state index is 0.0201. The average Bonchev–Trinajstić information content (AvgIpc) is 2.90. The zero-order valence-electron chi connectivity index (χ0n) is 11.6. The van der Waals surface area contributed by atoms with E-state index in [1.54, 1.807) is 12.5 Å². The molecule has 0 radical (unpaired) electrons. The highest BCUT2D eigenvalue weighted by Gasteiger charge is 2.23. The van der Waals surface area contributed by atoms with Gasteiger partial charge in [-0.3, -0.25) is 0 Å². The third-order valence-electron chi connectivity index (χ3n) is 3.51. The quantitative estimate of drug-likeness (QED) is 0.834. The maximum Gasteiger partial charge on any atom is 0.144 e. The van der Waals surface area contributed by atoms with Gasteiger partial charge in [0.15, 0.2) is 0 Å². The minimum Gasteiger partial charge on any atom is -0.482 e. The second-order valence-corrected chi connectivity index (χ2v) is 6.01. The van der Waals surface area contributed by atoms with Crippen LogP contribution in [-0.2, 0) is 5.41 Å². The first-order valence-corrected chi connectivity index (χ1v) is 6.61. The Hall–Kier alpha value is -1.90. The van der Waals surface area contributed by atoms with Gasteiger partial charge in [0.2, 0.25) is 0 Å². The van der Waals surface area contributed by atoms with E-state index in [0.29, 0.717) is 0 Å². The number of rotatable bonds is 1. The maximum absolute atomic E-state index is 6.02. The van der Waals surface area contributed by atoms with E-state index in [0.717, 1.165) is 23.5 Å². The van der Waals surface area contributed by atoms with Gasteiger partial charge in [0, 0.05) is 5.56 Å². The number of fused-ring (bicyclic) bond motifs is 1. The second-order valence-electron chi connectivity index (χ2n) is 6.01. The number of benzene rings is 1. The maximum atomic E-state index is 6.02. The van der Waals surface area contributed by atoms with Gasteiger partial charge in [-0.1, -0.05) is 26.8 Å². The molecule has 0 aliphatic carbocycles. The van der Waals surface area contributed by atoms with Crippen molar-refractivity contribution in [2.45, 2.75) is 32.3 Å². The summed E-state index contributed by atoms with van der Waals surface area (Å²) in [5, 5.41) is 3.45. The highest BCUT2D eigenvalue weighted by molar-refractivity contribution is 5.60. The lowest BCUT2D eigenvalue weighted by Crippen LogP contribution is -2.24. The Morgan fingerprint density at radius 3 is 2.74 bits per heavy atom. The molecule has 1 atom stereocenters. The van der Waals surface area contributed by atoms with E-state index in [1.807, 2.05) is 6.07 Å². The summed E-state index contributed by atoms with van der Waals surface area (Å²) in [5.74, 6) is 0.908. The SMILES string of the molecule is CC(C)(C)c1ccc2c(c1)NCC(c1ccoc1)O2. The predicted molar refractivity (Wildman–Crippen MR) is 75.7 cm³/mol. The van der Waals surface area contributed by atoms with E-state index in [4.69, 9.17) is 9.15 Å². The first kappa shape index (κ1) is 12.2. The lowest BCUT2D eigenvalue weighted by atomic mass is 9.86. The fourth-order valence-electron chi connectivity index (χ4n) is 2.28. The molecule has 1 N–H and O–H groups in total. The number of nitrogens with one attached hydrogen (secondary N) is 1. The Labute approximate surface area is 113 Å². The van der Waals surface area contributed by atoms with Gasteiger partial charge in [-0.2, -0.15) is 0 Å². The Morgan fingerprint density at radius 1 is 1.21 bits per heavy atom. The van der Waals surface area contributed by atoms with Crippen LogP contribution in [0.3, 0.4) is 0 Å². The van der Waals surface area contributed by atoms with Crippen molar-refractivity contribution >= 4 is 5.69 Å². The summed E-state index contributed by atoms with van der Waals surface area (Å²) >= 11 is 0. The largest absolute Gasteiger partial charge is 0.482 e. The van der Waals surface area contributed by atoms with Gasteiger partial charge >= 0.3 is 0 Å².